The van der Waals surface area contributed by atoms with Gasteiger partial charge >= 0.3 is 0 Å². The third-order valence-electron chi connectivity index (χ3n) is 5.14. The molecule has 0 fully saturated rings. The standard InChI is InChI=1S/C22H18ClN5/c1-13-22-27-26-14(2)28(22)20-8-5-16(17-9-10-24-12-17)11-19(20)21(25-13)15-3-6-18(23)7-4-15/h3-9,11-13H,10H2,1-2H3/t13-/m0/s1. The van der Waals surface area contributed by atoms with E-state index >= 15 is 0 Å². The summed E-state index contributed by atoms with van der Waals surface area (Å²) in [4.78, 5) is 9.36. The normalized spacial score (nSPS) is 17.6. The van der Waals surface area contributed by atoms with Crippen molar-refractivity contribution >= 4 is 29.1 Å². The van der Waals surface area contributed by atoms with Crippen molar-refractivity contribution in [2.24, 2.45) is 9.98 Å². The molecule has 0 amide bonds. The van der Waals surface area contributed by atoms with Gasteiger partial charge in [0.25, 0.3) is 0 Å². The van der Waals surface area contributed by atoms with Crippen molar-refractivity contribution in [1.29, 1.82) is 0 Å². The minimum atomic E-state index is -0.116. The number of rotatable bonds is 2. The van der Waals surface area contributed by atoms with Crippen LogP contribution in [0, 0.1) is 6.92 Å². The molecule has 0 bridgehead atoms. The molecule has 1 aromatic heterocycles. The van der Waals surface area contributed by atoms with E-state index in [0.717, 1.165) is 51.9 Å². The molecule has 0 aliphatic carbocycles. The number of hydrogen-bond donors (Lipinski definition) is 0. The fraction of sp³-hybridized carbons (Fsp3) is 0.182. The number of nitrogens with zero attached hydrogens (tertiary/aromatic N) is 5. The summed E-state index contributed by atoms with van der Waals surface area (Å²) in [5.41, 5.74) is 6.31. The van der Waals surface area contributed by atoms with Gasteiger partial charge in [-0.05, 0) is 49.2 Å². The lowest BCUT2D eigenvalue weighted by molar-refractivity contribution is 0.721. The van der Waals surface area contributed by atoms with Gasteiger partial charge in [0.15, 0.2) is 5.82 Å². The van der Waals surface area contributed by atoms with E-state index < -0.39 is 0 Å². The molecular formula is C22H18ClN5. The highest BCUT2D eigenvalue weighted by molar-refractivity contribution is 6.30. The summed E-state index contributed by atoms with van der Waals surface area (Å²) in [5.74, 6) is 1.70. The highest BCUT2D eigenvalue weighted by Crippen LogP contribution is 2.32. The molecule has 5 nitrogen and oxygen atoms in total. The highest BCUT2D eigenvalue weighted by atomic mass is 35.5. The Bertz CT molecular complexity index is 1170. The Kier molecular flexibility index (Phi) is 3.98. The predicted molar refractivity (Wildman–Crippen MR) is 113 cm³/mol. The van der Waals surface area contributed by atoms with E-state index in [1.54, 1.807) is 0 Å². The fourth-order valence-corrected chi connectivity index (χ4v) is 3.88. The van der Waals surface area contributed by atoms with Gasteiger partial charge in [0, 0.05) is 22.4 Å². The molecule has 6 heteroatoms. The summed E-state index contributed by atoms with van der Waals surface area (Å²) in [6.07, 6.45) is 4.06. The molecule has 0 spiro atoms. The van der Waals surface area contributed by atoms with E-state index in [1.807, 2.05) is 37.4 Å². The van der Waals surface area contributed by atoms with Crippen molar-refractivity contribution in [3.05, 3.63) is 81.9 Å². The van der Waals surface area contributed by atoms with Crippen molar-refractivity contribution < 1.29 is 0 Å². The number of allylic oxidation sites excluding steroid dienone is 1. The quantitative estimate of drug-likeness (QED) is 0.644. The lowest BCUT2D eigenvalue weighted by Crippen LogP contribution is -2.09. The van der Waals surface area contributed by atoms with Crippen LogP contribution in [0.5, 0.6) is 0 Å². The largest absolute Gasteiger partial charge is 0.288 e. The first kappa shape index (κ1) is 17.1. The van der Waals surface area contributed by atoms with Crippen LogP contribution in [0.15, 0.2) is 58.5 Å². The molecule has 5 rings (SSSR count). The average molecular weight is 388 g/mol. The van der Waals surface area contributed by atoms with Gasteiger partial charge in [-0.3, -0.25) is 14.6 Å². The molecule has 0 saturated carbocycles. The van der Waals surface area contributed by atoms with Crippen LogP contribution in [0.25, 0.3) is 11.3 Å². The topological polar surface area (TPSA) is 55.4 Å². The monoisotopic (exact) mass is 387 g/mol. The van der Waals surface area contributed by atoms with Crippen molar-refractivity contribution in [1.82, 2.24) is 14.8 Å². The second kappa shape index (κ2) is 6.53. The number of benzene rings is 2. The lowest BCUT2D eigenvalue weighted by atomic mass is 9.96. The number of aromatic nitrogens is 3. The van der Waals surface area contributed by atoms with E-state index in [2.05, 4.69) is 51.0 Å². The highest BCUT2D eigenvalue weighted by Gasteiger charge is 2.26. The maximum Gasteiger partial charge on any atom is 0.162 e. The van der Waals surface area contributed by atoms with Gasteiger partial charge in [-0.15, -0.1) is 10.2 Å². The minimum Gasteiger partial charge on any atom is -0.288 e. The summed E-state index contributed by atoms with van der Waals surface area (Å²) in [7, 11) is 0. The summed E-state index contributed by atoms with van der Waals surface area (Å²) in [6.45, 7) is 4.76. The molecule has 0 unspecified atom stereocenters. The average Bonchev–Trinajstić information content (AvgIpc) is 3.34. The second-order valence-electron chi connectivity index (χ2n) is 6.99. The van der Waals surface area contributed by atoms with Gasteiger partial charge in [-0.2, -0.15) is 0 Å². The third-order valence-corrected chi connectivity index (χ3v) is 5.39. The van der Waals surface area contributed by atoms with Crippen LogP contribution in [-0.2, 0) is 0 Å². The maximum absolute atomic E-state index is 6.12. The smallest absolute Gasteiger partial charge is 0.162 e. The second-order valence-corrected chi connectivity index (χ2v) is 7.42. The third kappa shape index (κ3) is 2.70. The van der Waals surface area contributed by atoms with Crippen LogP contribution in [0.2, 0.25) is 5.02 Å². The predicted octanol–water partition coefficient (Wildman–Crippen LogP) is 4.61. The van der Waals surface area contributed by atoms with Crippen LogP contribution in [-0.4, -0.2) is 33.2 Å². The maximum atomic E-state index is 6.12. The number of aryl methyl sites for hydroxylation is 1. The Hall–Kier alpha value is -3.05. The Morgan fingerprint density at radius 3 is 2.57 bits per heavy atom. The zero-order valence-electron chi connectivity index (χ0n) is 15.6. The minimum absolute atomic E-state index is 0.116. The van der Waals surface area contributed by atoms with Gasteiger partial charge < -0.3 is 0 Å². The van der Waals surface area contributed by atoms with Crippen LogP contribution in [0.4, 0.5) is 0 Å². The molecule has 3 heterocycles. The van der Waals surface area contributed by atoms with Gasteiger partial charge in [-0.1, -0.05) is 35.9 Å². The Balaban J connectivity index is 1.78. The number of aliphatic imine (C=N–C) groups is 2. The molecule has 0 N–H and O–H groups in total. The van der Waals surface area contributed by atoms with Gasteiger partial charge in [0.1, 0.15) is 11.9 Å². The molecule has 2 aliphatic rings. The first-order chi connectivity index (χ1) is 13.6. The summed E-state index contributed by atoms with van der Waals surface area (Å²) in [6, 6.07) is 14.1. The van der Waals surface area contributed by atoms with E-state index in [-0.39, 0.29) is 6.04 Å². The molecule has 2 aliphatic heterocycles. The fourth-order valence-electron chi connectivity index (χ4n) is 3.75. The SMILES string of the molecule is Cc1nnc2n1-c1ccc(C3=CCN=C3)cc1C(c1ccc(Cl)cc1)=N[C@H]2C. The zero-order valence-corrected chi connectivity index (χ0v) is 16.4. The lowest BCUT2D eigenvalue weighted by Gasteiger charge is -2.14. The van der Waals surface area contributed by atoms with Crippen LogP contribution in [0.1, 0.15) is 41.3 Å². The first-order valence-electron chi connectivity index (χ1n) is 9.22. The van der Waals surface area contributed by atoms with Gasteiger partial charge in [0.2, 0.25) is 0 Å². The number of halogens is 1. The summed E-state index contributed by atoms with van der Waals surface area (Å²) < 4.78 is 2.10. The van der Waals surface area contributed by atoms with E-state index in [9.17, 15) is 0 Å². The number of hydrogen-bond acceptors (Lipinski definition) is 4. The van der Waals surface area contributed by atoms with Crippen LogP contribution < -0.4 is 0 Å². The Labute approximate surface area is 168 Å². The van der Waals surface area contributed by atoms with E-state index in [4.69, 9.17) is 16.6 Å². The molecule has 28 heavy (non-hydrogen) atoms. The molecule has 3 aromatic rings. The Morgan fingerprint density at radius 1 is 1.04 bits per heavy atom. The molecule has 138 valence electrons. The van der Waals surface area contributed by atoms with E-state index in [1.165, 1.54) is 0 Å². The number of fused-ring (bicyclic) bond motifs is 3. The first-order valence-corrected chi connectivity index (χ1v) is 9.60. The van der Waals surface area contributed by atoms with Crippen molar-refractivity contribution in [3.63, 3.8) is 0 Å². The van der Waals surface area contributed by atoms with Crippen molar-refractivity contribution in [2.45, 2.75) is 19.9 Å². The van der Waals surface area contributed by atoms with Crippen LogP contribution in [0.3, 0.4) is 0 Å². The summed E-state index contributed by atoms with van der Waals surface area (Å²) >= 11 is 6.12. The molecule has 0 saturated heterocycles. The van der Waals surface area contributed by atoms with Crippen LogP contribution >= 0.6 is 11.6 Å². The van der Waals surface area contributed by atoms with Gasteiger partial charge in [0.05, 0.1) is 17.9 Å². The zero-order chi connectivity index (χ0) is 19.3. The van der Waals surface area contributed by atoms with E-state index in [0.29, 0.717) is 5.02 Å². The van der Waals surface area contributed by atoms with Crippen molar-refractivity contribution in [3.8, 4) is 5.69 Å². The summed E-state index contributed by atoms with van der Waals surface area (Å²) in [5, 5.41) is 9.39. The molecule has 0 radical (unpaired) electrons. The Morgan fingerprint density at radius 2 is 1.82 bits per heavy atom. The van der Waals surface area contributed by atoms with Crippen molar-refractivity contribution in [2.75, 3.05) is 6.54 Å². The molecular weight excluding hydrogens is 370 g/mol. The van der Waals surface area contributed by atoms with Gasteiger partial charge in [-0.25, -0.2) is 0 Å². The molecule has 1 atom stereocenters. The molecule has 2 aromatic carbocycles.